The maximum absolute atomic E-state index is 11.7. The Labute approximate surface area is 140 Å². The number of fused-ring (bicyclic) bond motifs is 10. The molecule has 0 unspecified atom stereocenters. The summed E-state index contributed by atoms with van der Waals surface area (Å²) in [6, 6.07) is 0. The first-order valence-corrected chi connectivity index (χ1v) is 8.51. The lowest BCUT2D eigenvalue weighted by atomic mass is 9.85. The van der Waals surface area contributed by atoms with E-state index in [0.29, 0.717) is 0 Å². The third-order valence-electron chi connectivity index (χ3n) is 5.70. The van der Waals surface area contributed by atoms with Gasteiger partial charge in [-0.15, -0.1) is 0 Å². The standard InChI is InChI=1S/C20H18O4/c1-9(21)23-19-15-11-3-5-13(7-11)17(15)20(24-10(2)22)18-14-6-4-12(8-14)16(18)19/h3-6,11-14H,7-8H2,1-2H3/t11-,12-,13-,14+/m0/s1. The summed E-state index contributed by atoms with van der Waals surface area (Å²) in [7, 11) is 0. The predicted octanol–water partition coefficient (Wildman–Crippen LogP) is 3.82. The summed E-state index contributed by atoms with van der Waals surface area (Å²) in [5.74, 6) is 1.89. The first-order chi connectivity index (χ1) is 11.5. The summed E-state index contributed by atoms with van der Waals surface area (Å²) < 4.78 is 11.4. The van der Waals surface area contributed by atoms with Crippen molar-refractivity contribution in [3.8, 4) is 11.5 Å². The molecule has 0 saturated heterocycles. The Morgan fingerprint density at radius 1 is 0.708 bits per heavy atom. The molecule has 24 heavy (non-hydrogen) atoms. The van der Waals surface area contributed by atoms with Crippen molar-refractivity contribution < 1.29 is 19.1 Å². The second-order valence-corrected chi connectivity index (χ2v) is 7.17. The highest BCUT2D eigenvalue weighted by molar-refractivity contribution is 5.79. The van der Waals surface area contributed by atoms with Crippen LogP contribution in [0.15, 0.2) is 24.3 Å². The molecule has 0 saturated carbocycles. The Morgan fingerprint density at radius 3 is 1.25 bits per heavy atom. The van der Waals surface area contributed by atoms with Crippen LogP contribution in [0.3, 0.4) is 0 Å². The third kappa shape index (κ3) is 1.68. The summed E-state index contributed by atoms with van der Waals surface area (Å²) in [6.07, 6.45) is 10.7. The lowest BCUT2D eigenvalue weighted by Gasteiger charge is -2.26. The van der Waals surface area contributed by atoms with Crippen LogP contribution in [-0.4, -0.2) is 11.9 Å². The molecule has 0 fully saturated rings. The van der Waals surface area contributed by atoms with Crippen molar-refractivity contribution in [2.45, 2.75) is 50.4 Å². The second kappa shape index (κ2) is 4.59. The highest BCUT2D eigenvalue weighted by atomic mass is 16.5. The van der Waals surface area contributed by atoms with Gasteiger partial charge < -0.3 is 9.47 Å². The summed E-state index contributed by atoms with van der Waals surface area (Å²) in [6.45, 7) is 2.90. The van der Waals surface area contributed by atoms with Crippen LogP contribution in [0.1, 0.15) is 72.6 Å². The average Bonchev–Trinajstić information content (AvgIpc) is 3.27. The van der Waals surface area contributed by atoms with E-state index in [1.54, 1.807) is 0 Å². The largest absolute Gasteiger partial charge is 0.426 e. The van der Waals surface area contributed by atoms with Gasteiger partial charge in [0.25, 0.3) is 0 Å². The zero-order valence-electron chi connectivity index (χ0n) is 13.7. The molecular formula is C20H18O4. The number of hydrogen-bond donors (Lipinski definition) is 0. The van der Waals surface area contributed by atoms with Gasteiger partial charge in [-0.2, -0.15) is 0 Å². The molecule has 0 radical (unpaired) electrons. The Balaban J connectivity index is 1.83. The number of allylic oxidation sites excluding steroid dienone is 4. The topological polar surface area (TPSA) is 52.6 Å². The van der Waals surface area contributed by atoms with E-state index in [4.69, 9.17) is 9.47 Å². The monoisotopic (exact) mass is 322 g/mol. The van der Waals surface area contributed by atoms with Gasteiger partial charge in [0.1, 0.15) is 11.5 Å². The van der Waals surface area contributed by atoms with E-state index in [0.717, 1.165) is 46.6 Å². The lowest BCUT2D eigenvalue weighted by Crippen LogP contribution is -2.15. The quantitative estimate of drug-likeness (QED) is 0.472. The number of benzene rings is 1. The Bertz CT molecular complexity index is 741. The first-order valence-electron chi connectivity index (χ1n) is 8.51. The molecule has 0 heterocycles. The van der Waals surface area contributed by atoms with E-state index in [1.807, 2.05) is 0 Å². The van der Waals surface area contributed by atoms with Gasteiger partial charge in [-0.05, 0) is 12.8 Å². The van der Waals surface area contributed by atoms with Crippen molar-refractivity contribution in [2.75, 3.05) is 0 Å². The molecule has 5 rings (SSSR count). The van der Waals surface area contributed by atoms with E-state index in [9.17, 15) is 9.59 Å². The molecule has 122 valence electrons. The molecule has 0 spiro atoms. The van der Waals surface area contributed by atoms with Gasteiger partial charge in [0.05, 0.1) is 0 Å². The van der Waals surface area contributed by atoms with Gasteiger partial charge in [0.2, 0.25) is 0 Å². The lowest BCUT2D eigenvalue weighted by molar-refractivity contribution is -0.133. The molecule has 4 nitrogen and oxygen atoms in total. The van der Waals surface area contributed by atoms with Gasteiger partial charge in [-0.25, -0.2) is 0 Å². The Hall–Kier alpha value is -2.36. The van der Waals surface area contributed by atoms with E-state index in [2.05, 4.69) is 24.3 Å². The molecule has 0 aliphatic heterocycles. The zero-order valence-corrected chi connectivity index (χ0v) is 13.7. The number of hydrogen-bond acceptors (Lipinski definition) is 4. The van der Waals surface area contributed by atoms with Crippen molar-refractivity contribution >= 4 is 11.9 Å². The molecule has 1 aromatic carbocycles. The minimum absolute atomic E-state index is 0.252. The fourth-order valence-corrected chi connectivity index (χ4v) is 5.01. The Kier molecular flexibility index (Phi) is 2.68. The normalized spacial score (nSPS) is 29.8. The van der Waals surface area contributed by atoms with Gasteiger partial charge in [-0.1, -0.05) is 24.3 Å². The van der Waals surface area contributed by atoms with Crippen LogP contribution < -0.4 is 9.47 Å². The van der Waals surface area contributed by atoms with Crippen molar-refractivity contribution in [1.82, 2.24) is 0 Å². The molecule has 4 aliphatic rings. The van der Waals surface area contributed by atoms with E-state index in [-0.39, 0.29) is 35.6 Å². The van der Waals surface area contributed by atoms with Crippen LogP contribution in [0.4, 0.5) is 0 Å². The average molecular weight is 322 g/mol. The van der Waals surface area contributed by atoms with Crippen LogP contribution in [0.25, 0.3) is 0 Å². The molecule has 0 aromatic heterocycles. The fourth-order valence-electron chi connectivity index (χ4n) is 5.01. The van der Waals surface area contributed by atoms with Gasteiger partial charge >= 0.3 is 11.9 Å². The van der Waals surface area contributed by atoms with Crippen molar-refractivity contribution in [3.63, 3.8) is 0 Å². The highest BCUT2D eigenvalue weighted by Crippen LogP contribution is 2.64. The maximum atomic E-state index is 11.7. The zero-order chi connectivity index (χ0) is 16.6. The number of rotatable bonds is 2. The van der Waals surface area contributed by atoms with Crippen LogP contribution >= 0.6 is 0 Å². The molecule has 4 heteroatoms. The molecule has 4 bridgehead atoms. The third-order valence-corrected chi connectivity index (χ3v) is 5.70. The maximum Gasteiger partial charge on any atom is 0.308 e. The number of esters is 2. The van der Waals surface area contributed by atoms with E-state index in [1.165, 1.54) is 13.8 Å². The first kappa shape index (κ1) is 14.0. The molecule has 0 N–H and O–H groups in total. The summed E-state index contributed by atoms with van der Waals surface area (Å²) in [5.41, 5.74) is 4.25. The van der Waals surface area contributed by atoms with Gasteiger partial charge in [0.15, 0.2) is 0 Å². The van der Waals surface area contributed by atoms with E-state index >= 15 is 0 Å². The SMILES string of the molecule is CC(=O)Oc1c2c(c(OC(C)=O)c3c1[C@H]1C=C[C@H]3C1)[C@H]1C=C[C@@H]2C1. The van der Waals surface area contributed by atoms with Crippen LogP contribution in [-0.2, 0) is 9.59 Å². The number of ether oxygens (including phenoxy) is 2. The second-order valence-electron chi connectivity index (χ2n) is 7.17. The molecule has 4 atom stereocenters. The van der Waals surface area contributed by atoms with Crippen molar-refractivity contribution in [3.05, 3.63) is 46.6 Å². The van der Waals surface area contributed by atoms with Crippen molar-refractivity contribution in [1.29, 1.82) is 0 Å². The highest BCUT2D eigenvalue weighted by Gasteiger charge is 2.47. The van der Waals surface area contributed by atoms with Crippen LogP contribution in [0.2, 0.25) is 0 Å². The van der Waals surface area contributed by atoms with Crippen LogP contribution in [0.5, 0.6) is 11.5 Å². The fraction of sp³-hybridized carbons (Fsp3) is 0.400. The summed E-state index contributed by atoms with van der Waals surface area (Å²) in [5, 5.41) is 0. The van der Waals surface area contributed by atoms with Gasteiger partial charge in [-0.3, -0.25) is 9.59 Å². The Morgan fingerprint density at radius 2 is 1.00 bits per heavy atom. The summed E-state index contributed by atoms with van der Waals surface area (Å²) >= 11 is 0. The van der Waals surface area contributed by atoms with E-state index < -0.39 is 0 Å². The minimum Gasteiger partial charge on any atom is -0.426 e. The molecule has 0 amide bonds. The number of carbonyl (C=O) groups excluding carboxylic acids is 2. The molecular weight excluding hydrogens is 304 g/mol. The molecule has 1 aromatic rings. The van der Waals surface area contributed by atoms with Gasteiger partial charge in [0, 0.05) is 59.8 Å². The number of carbonyl (C=O) groups is 2. The smallest absolute Gasteiger partial charge is 0.308 e. The van der Waals surface area contributed by atoms with Crippen molar-refractivity contribution in [2.24, 2.45) is 0 Å². The minimum atomic E-state index is -0.293. The molecule has 4 aliphatic carbocycles. The summed E-state index contributed by atoms with van der Waals surface area (Å²) in [4.78, 5) is 23.5. The van der Waals surface area contributed by atoms with Crippen LogP contribution in [0, 0.1) is 0 Å². The predicted molar refractivity (Wildman–Crippen MR) is 87.5 cm³/mol.